The number of hydrogen-bond acceptors (Lipinski definition) is 4. The van der Waals surface area contributed by atoms with Crippen LogP contribution in [0.3, 0.4) is 0 Å². The number of aromatic nitrogens is 3. The van der Waals surface area contributed by atoms with E-state index in [9.17, 15) is 4.79 Å². The van der Waals surface area contributed by atoms with Gasteiger partial charge in [-0.25, -0.2) is 4.98 Å². The van der Waals surface area contributed by atoms with Gasteiger partial charge in [0.1, 0.15) is 5.82 Å². The van der Waals surface area contributed by atoms with Crippen LogP contribution >= 0.6 is 0 Å². The average molecular weight is 314 g/mol. The standard InChI is InChI=1S/C17H22N4O2/c1-11(3-2-10-22)18-17(23)14-8-6-13(7-9-14)16-19-15(20-21-16)12-4-5-12/h6-9,11-12,22H,2-5,10H2,1H3,(H,18,23)(H,19,20,21). The van der Waals surface area contributed by atoms with Gasteiger partial charge in [-0.1, -0.05) is 12.1 Å². The van der Waals surface area contributed by atoms with Crippen molar-refractivity contribution in [1.82, 2.24) is 20.5 Å². The lowest BCUT2D eigenvalue weighted by Crippen LogP contribution is -2.32. The smallest absolute Gasteiger partial charge is 0.251 e. The molecule has 1 aliphatic rings. The van der Waals surface area contributed by atoms with E-state index in [4.69, 9.17) is 5.11 Å². The van der Waals surface area contributed by atoms with E-state index in [1.807, 2.05) is 19.1 Å². The zero-order valence-corrected chi connectivity index (χ0v) is 13.2. The first kappa shape index (κ1) is 15.7. The average Bonchev–Trinajstić information content (AvgIpc) is 3.30. The van der Waals surface area contributed by atoms with Crippen molar-refractivity contribution in [2.75, 3.05) is 6.61 Å². The van der Waals surface area contributed by atoms with Gasteiger partial charge in [0.25, 0.3) is 5.91 Å². The summed E-state index contributed by atoms with van der Waals surface area (Å²) >= 11 is 0. The molecule has 23 heavy (non-hydrogen) atoms. The molecule has 1 heterocycles. The van der Waals surface area contributed by atoms with Crippen LogP contribution < -0.4 is 5.32 Å². The number of carbonyl (C=O) groups excluding carboxylic acids is 1. The summed E-state index contributed by atoms with van der Waals surface area (Å²) in [5, 5.41) is 19.0. The molecule has 1 atom stereocenters. The van der Waals surface area contributed by atoms with Gasteiger partial charge in [-0.15, -0.1) is 0 Å². The number of aliphatic hydroxyl groups is 1. The molecule has 122 valence electrons. The molecule has 3 rings (SSSR count). The quantitative estimate of drug-likeness (QED) is 0.731. The minimum atomic E-state index is -0.101. The zero-order chi connectivity index (χ0) is 16.2. The number of H-pyrrole nitrogens is 1. The van der Waals surface area contributed by atoms with Gasteiger partial charge in [0.2, 0.25) is 0 Å². The molecule has 0 aliphatic heterocycles. The van der Waals surface area contributed by atoms with Crippen molar-refractivity contribution in [3.8, 4) is 11.4 Å². The molecule has 1 amide bonds. The van der Waals surface area contributed by atoms with Gasteiger partial charge in [-0.05, 0) is 44.7 Å². The Hall–Kier alpha value is -2.21. The van der Waals surface area contributed by atoms with Crippen molar-refractivity contribution >= 4 is 5.91 Å². The summed E-state index contributed by atoms with van der Waals surface area (Å²) in [6.07, 6.45) is 3.82. The van der Waals surface area contributed by atoms with Crippen LogP contribution in [0.2, 0.25) is 0 Å². The fourth-order valence-electron chi connectivity index (χ4n) is 2.49. The molecule has 1 saturated carbocycles. The van der Waals surface area contributed by atoms with Crippen molar-refractivity contribution in [1.29, 1.82) is 0 Å². The summed E-state index contributed by atoms with van der Waals surface area (Å²) in [7, 11) is 0. The van der Waals surface area contributed by atoms with Gasteiger partial charge in [0.15, 0.2) is 5.82 Å². The number of nitrogens with zero attached hydrogens (tertiary/aromatic N) is 2. The van der Waals surface area contributed by atoms with E-state index in [1.54, 1.807) is 12.1 Å². The van der Waals surface area contributed by atoms with Crippen LogP contribution in [0.4, 0.5) is 0 Å². The summed E-state index contributed by atoms with van der Waals surface area (Å²) in [5.74, 6) is 2.08. The van der Waals surface area contributed by atoms with E-state index >= 15 is 0 Å². The van der Waals surface area contributed by atoms with Gasteiger partial charge in [0, 0.05) is 29.7 Å². The molecule has 6 nitrogen and oxygen atoms in total. The number of hydrogen-bond donors (Lipinski definition) is 3. The summed E-state index contributed by atoms with van der Waals surface area (Å²) in [6, 6.07) is 7.36. The maximum absolute atomic E-state index is 12.2. The molecular weight excluding hydrogens is 292 g/mol. The molecule has 0 bridgehead atoms. The Morgan fingerprint density at radius 1 is 1.39 bits per heavy atom. The number of rotatable bonds is 7. The minimum Gasteiger partial charge on any atom is -0.396 e. The predicted molar refractivity (Wildman–Crippen MR) is 87.0 cm³/mol. The zero-order valence-electron chi connectivity index (χ0n) is 13.2. The molecular formula is C17H22N4O2. The molecule has 1 aromatic heterocycles. The van der Waals surface area contributed by atoms with E-state index in [2.05, 4.69) is 20.5 Å². The molecule has 3 N–H and O–H groups in total. The lowest BCUT2D eigenvalue weighted by atomic mass is 10.1. The molecule has 1 aromatic carbocycles. The Morgan fingerprint density at radius 2 is 2.13 bits per heavy atom. The number of aromatic amines is 1. The number of nitrogens with one attached hydrogen (secondary N) is 2. The highest BCUT2D eigenvalue weighted by molar-refractivity contribution is 5.94. The Balaban J connectivity index is 1.62. The van der Waals surface area contributed by atoms with E-state index < -0.39 is 0 Å². The topological polar surface area (TPSA) is 90.9 Å². The summed E-state index contributed by atoms with van der Waals surface area (Å²) < 4.78 is 0. The lowest BCUT2D eigenvalue weighted by Gasteiger charge is -2.13. The Labute approximate surface area is 135 Å². The largest absolute Gasteiger partial charge is 0.396 e. The molecule has 1 aliphatic carbocycles. The first-order valence-corrected chi connectivity index (χ1v) is 8.12. The molecule has 0 radical (unpaired) electrons. The second-order valence-corrected chi connectivity index (χ2v) is 6.14. The SMILES string of the molecule is CC(CCCO)NC(=O)c1ccc(-c2n[nH]c(C3CC3)n2)cc1. The summed E-state index contributed by atoms with van der Waals surface area (Å²) in [5.41, 5.74) is 1.51. The van der Waals surface area contributed by atoms with Crippen LogP contribution in [-0.2, 0) is 0 Å². The first-order valence-electron chi connectivity index (χ1n) is 8.12. The Morgan fingerprint density at radius 3 is 2.78 bits per heavy atom. The fourth-order valence-corrected chi connectivity index (χ4v) is 2.49. The molecule has 1 fully saturated rings. The first-order chi connectivity index (χ1) is 11.2. The van der Waals surface area contributed by atoms with Crippen molar-refractivity contribution in [2.45, 2.75) is 44.6 Å². The highest BCUT2D eigenvalue weighted by Gasteiger charge is 2.27. The van der Waals surface area contributed by atoms with E-state index in [0.717, 1.165) is 17.8 Å². The minimum absolute atomic E-state index is 0.0448. The van der Waals surface area contributed by atoms with Crippen LogP contribution in [-0.4, -0.2) is 38.8 Å². The normalized spacial score (nSPS) is 15.4. The van der Waals surface area contributed by atoms with Crippen LogP contribution in [0.5, 0.6) is 0 Å². The molecule has 2 aromatic rings. The monoisotopic (exact) mass is 314 g/mol. The van der Waals surface area contributed by atoms with Crippen molar-refractivity contribution in [3.05, 3.63) is 35.7 Å². The van der Waals surface area contributed by atoms with Gasteiger partial charge in [-0.3, -0.25) is 9.89 Å². The number of aliphatic hydroxyl groups excluding tert-OH is 1. The Bertz CT molecular complexity index is 661. The van der Waals surface area contributed by atoms with Gasteiger partial charge >= 0.3 is 0 Å². The molecule has 1 unspecified atom stereocenters. The van der Waals surface area contributed by atoms with Gasteiger partial charge in [-0.2, -0.15) is 5.10 Å². The third kappa shape index (κ3) is 3.96. The van der Waals surface area contributed by atoms with Crippen molar-refractivity contribution in [3.63, 3.8) is 0 Å². The molecule has 0 saturated heterocycles. The van der Waals surface area contributed by atoms with Crippen LogP contribution in [0.25, 0.3) is 11.4 Å². The van der Waals surface area contributed by atoms with Gasteiger partial charge in [0.05, 0.1) is 0 Å². The lowest BCUT2D eigenvalue weighted by molar-refractivity contribution is 0.0936. The number of amides is 1. The van der Waals surface area contributed by atoms with E-state index in [-0.39, 0.29) is 18.6 Å². The maximum atomic E-state index is 12.2. The highest BCUT2D eigenvalue weighted by atomic mass is 16.3. The predicted octanol–water partition coefficient (Wildman–Crippen LogP) is 2.24. The molecule has 6 heteroatoms. The van der Waals surface area contributed by atoms with E-state index in [1.165, 1.54) is 12.8 Å². The Kier molecular flexibility index (Phi) is 4.71. The van der Waals surface area contributed by atoms with Crippen LogP contribution in [0.15, 0.2) is 24.3 Å². The molecule has 0 spiro atoms. The van der Waals surface area contributed by atoms with Crippen molar-refractivity contribution in [2.24, 2.45) is 0 Å². The van der Waals surface area contributed by atoms with Crippen LogP contribution in [0.1, 0.15) is 54.7 Å². The van der Waals surface area contributed by atoms with Gasteiger partial charge < -0.3 is 10.4 Å². The number of carbonyl (C=O) groups is 1. The maximum Gasteiger partial charge on any atom is 0.251 e. The highest BCUT2D eigenvalue weighted by Crippen LogP contribution is 2.38. The fraction of sp³-hybridized carbons (Fsp3) is 0.471. The second kappa shape index (κ2) is 6.91. The number of benzene rings is 1. The van der Waals surface area contributed by atoms with Crippen LogP contribution in [0, 0.1) is 0 Å². The summed E-state index contributed by atoms with van der Waals surface area (Å²) in [4.78, 5) is 16.7. The third-order valence-electron chi connectivity index (χ3n) is 4.04. The van der Waals surface area contributed by atoms with Crippen molar-refractivity contribution < 1.29 is 9.90 Å². The van der Waals surface area contributed by atoms with E-state index in [0.29, 0.717) is 23.7 Å². The summed E-state index contributed by atoms with van der Waals surface area (Å²) in [6.45, 7) is 2.09. The second-order valence-electron chi connectivity index (χ2n) is 6.14. The third-order valence-corrected chi connectivity index (χ3v) is 4.04.